The van der Waals surface area contributed by atoms with Crippen LogP contribution in [0.15, 0.2) is 97.1 Å². The summed E-state index contributed by atoms with van der Waals surface area (Å²) in [5.74, 6) is 0.580. The van der Waals surface area contributed by atoms with Crippen molar-refractivity contribution in [2.24, 2.45) is 0 Å². The summed E-state index contributed by atoms with van der Waals surface area (Å²) in [5.41, 5.74) is 4.62. The molecule has 0 unspecified atom stereocenters. The maximum Gasteiger partial charge on any atom is 0.217 e. The summed E-state index contributed by atoms with van der Waals surface area (Å²) in [6.07, 6.45) is 1.50. The van der Waals surface area contributed by atoms with Crippen molar-refractivity contribution in [2.75, 3.05) is 18.0 Å². The van der Waals surface area contributed by atoms with Gasteiger partial charge in [0, 0.05) is 43.3 Å². The zero-order valence-electron chi connectivity index (χ0n) is 21.1. The first kappa shape index (κ1) is 23.9. The first-order chi connectivity index (χ1) is 18.5. The number of hydrogen-bond donors (Lipinski definition) is 1. The number of piperidine rings is 1. The molecule has 2 aromatic heterocycles. The molecular weight excluding hydrogens is 477 g/mol. The smallest absolute Gasteiger partial charge is 0.217 e. The topological polar surface area (TPSA) is 62.5 Å². The van der Waals surface area contributed by atoms with Crippen molar-refractivity contribution in [1.29, 1.82) is 0 Å². The third kappa shape index (κ3) is 4.52. The second kappa shape index (κ2) is 9.74. The lowest BCUT2D eigenvalue weighted by atomic mass is 9.80. The van der Waals surface area contributed by atoms with E-state index in [-0.39, 0.29) is 11.7 Å². The Morgan fingerprint density at radius 1 is 0.842 bits per heavy atom. The Bertz CT molecular complexity index is 1590. The number of fused-ring (bicyclic) bond motifs is 1. The Morgan fingerprint density at radius 3 is 2.21 bits per heavy atom. The lowest BCUT2D eigenvalue weighted by Gasteiger charge is -2.43. The second-order valence-corrected chi connectivity index (χ2v) is 9.79. The van der Waals surface area contributed by atoms with E-state index in [1.807, 2.05) is 65.2 Å². The highest BCUT2D eigenvalue weighted by Gasteiger charge is 2.37. The van der Waals surface area contributed by atoms with Gasteiger partial charge >= 0.3 is 0 Å². The van der Waals surface area contributed by atoms with Crippen LogP contribution in [0, 0.1) is 5.82 Å². The summed E-state index contributed by atoms with van der Waals surface area (Å²) in [6.45, 7) is 3.02. The van der Waals surface area contributed by atoms with Crippen LogP contribution < -0.4 is 10.2 Å². The molecule has 0 bridgehead atoms. The van der Waals surface area contributed by atoms with Gasteiger partial charge < -0.3 is 10.2 Å². The molecule has 0 spiro atoms. The molecule has 6 nitrogen and oxygen atoms in total. The van der Waals surface area contributed by atoms with Gasteiger partial charge in [0.05, 0.1) is 16.9 Å². The Hall–Kier alpha value is -4.52. The minimum Gasteiger partial charge on any atom is -0.356 e. The maximum atomic E-state index is 14.0. The summed E-state index contributed by atoms with van der Waals surface area (Å²) >= 11 is 0. The average molecular weight is 506 g/mol. The molecule has 7 heteroatoms. The highest BCUT2D eigenvalue weighted by atomic mass is 19.1. The van der Waals surface area contributed by atoms with E-state index >= 15 is 0 Å². The molecular formula is C31H28FN5O. The van der Waals surface area contributed by atoms with Crippen molar-refractivity contribution in [2.45, 2.75) is 25.3 Å². The van der Waals surface area contributed by atoms with E-state index < -0.39 is 5.54 Å². The molecule has 3 heterocycles. The van der Waals surface area contributed by atoms with Gasteiger partial charge in [-0.05, 0) is 30.5 Å². The zero-order valence-corrected chi connectivity index (χ0v) is 21.1. The van der Waals surface area contributed by atoms with E-state index in [1.165, 1.54) is 12.1 Å². The van der Waals surface area contributed by atoms with Crippen molar-refractivity contribution in [1.82, 2.24) is 19.9 Å². The zero-order chi connectivity index (χ0) is 26.1. The van der Waals surface area contributed by atoms with Crippen LogP contribution in [0.2, 0.25) is 0 Å². The predicted molar refractivity (Wildman–Crippen MR) is 147 cm³/mol. The molecule has 38 heavy (non-hydrogen) atoms. The molecule has 0 atom stereocenters. The number of benzene rings is 3. The molecule has 0 radical (unpaired) electrons. The van der Waals surface area contributed by atoms with Gasteiger partial charge in [0.1, 0.15) is 11.6 Å². The Kier molecular flexibility index (Phi) is 6.12. The number of anilines is 1. The number of rotatable bonds is 5. The largest absolute Gasteiger partial charge is 0.356 e. The normalized spacial score (nSPS) is 14.9. The van der Waals surface area contributed by atoms with Gasteiger partial charge in [-0.25, -0.2) is 9.37 Å². The van der Waals surface area contributed by atoms with E-state index in [9.17, 15) is 9.18 Å². The number of carbonyl (C=O) groups is 1. The lowest BCUT2D eigenvalue weighted by Crippen LogP contribution is -2.53. The quantitative estimate of drug-likeness (QED) is 0.326. The highest BCUT2D eigenvalue weighted by Crippen LogP contribution is 2.36. The Balaban J connectivity index is 1.41. The fourth-order valence-electron chi connectivity index (χ4n) is 5.43. The SMILES string of the molecule is CC(=O)NC1(c2ccccc2)CCN(c2cc(-c3ccccc3)nc3cc(-c4cccc(F)c4)nn23)CC1. The van der Waals surface area contributed by atoms with Crippen LogP contribution in [0.4, 0.5) is 10.2 Å². The van der Waals surface area contributed by atoms with Gasteiger partial charge in [-0.2, -0.15) is 9.61 Å². The summed E-state index contributed by atoms with van der Waals surface area (Å²) in [5, 5.41) is 8.11. The van der Waals surface area contributed by atoms with E-state index in [4.69, 9.17) is 10.1 Å². The van der Waals surface area contributed by atoms with Crippen molar-refractivity contribution in [3.05, 3.63) is 108 Å². The van der Waals surface area contributed by atoms with Crippen molar-refractivity contribution in [3.8, 4) is 22.5 Å². The van der Waals surface area contributed by atoms with Crippen LogP contribution in [0.3, 0.4) is 0 Å². The summed E-state index contributed by atoms with van der Waals surface area (Å²) in [7, 11) is 0. The van der Waals surface area contributed by atoms with Gasteiger partial charge in [-0.1, -0.05) is 72.8 Å². The number of carbonyl (C=O) groups excluding carboxylic acids is 1. The molecule has 1 fully saturated rings. The fourth-order valence-corrected chi connectivity index (χ4v) is 5.43. The molecule has 1 saturated heterocycles. The number of hydrogen-bond acceptors (Lipinski definition) is 4. The monoisotopic (exact) mass is 505 g/mol. The van der Waals surface area contributed by atoms with E-state index in [0.29, 0.717) is 16.9 Å². The molecule has 1 amide bonds. The first-order valence-electron chi connectivity index (χ1n) is 12.8. The molecule has 1 aliphatic heterocycles. The first-order valence-corrected chi connectivity index (χ1v) is 12.8. The Morgan fingerprint density at radius 2 is 1.53 bits per heavy atom. The third-order valence-electron chi connectivity index (χ3n) is 7.28. The van der Waals surface area contributed by atoms with Crippen molar-refractivity contribution in [3.63, 3.8) is 0 Å². The van der Waals surface area contributed by atoms with Gasteiger partial charge in [0.15, 0.2) is 5.65 Å². The standard InChI is InChI=1S/C31H28FN5O/c1-22(38)34-31(25-12-6-3-7-13-25)15-17-36(18-16-31)30-21-27(23-9-4-2-5-10-23)33-29-20-28(35-37(29)30)24-11-8-14-26(32)19-24/h2-14,19-21H,15-18H2,1H3,(H,34,38). The maximum absolute atomic E-state index is 14.0. The van der Waals surface area contributed by atoms with Crippen LogP contribution in [0.1, 0.15) is 25.3 Å². The molecule has 0 aliphatic carbocycles. The van der Waals surface area contributed by atoms with Crippen LogP contribution in [-0.2, 0) is 10.3 Å². The molecule has 3 aromatic carbocycles. The van der Waals surface area contributed by atoms with Gasteiger partial charge in [-0.15, -0.1) is 0 Å². The van der Waals surface area contributed by atoms with E-state index in [2.05, 4.69) is 28.4 Å². The van der Waals surface area contributed by atoms with Gasteiger partial charge in [0.2, 0.25) is 5.91 Å². The highest BCUT2D eigenvalue weighted by molar-refractivity contribution is 5.74. The number of nitrogens with one attached hydrogen (secondary N) is 1. The van der Waals surface area contributed by atoms with Gasteiger partial charge in [0.25, 0.3) is 0 Å². The van der Waals surface area contributed by atoms with Crippen LogP contribution in [0.25, 0.3) is 28.2 Å². The number of amides is 1. The fraction of sp³-hybridized carbons (Fsp3) is 0.194. The number of halogens is 1. The lowest BCUT2D eigenvalue weighted by molar-refractivity contribution is -0.121. The number of aromatic nitrogens is 3. The molecule has 1 N–H and O–H groups in total. The Labute approximate surface area is 220 Å². The molecule has 1 aliphatic rings. The molecule has 6 rings (SSSR count). The van der Waals surface area contributed by atoms with E-state index in [1.54, 1.807) is 13.0 Å². The predicted octanol–water partition coefficient (Wildman–Crippen LogP) is 5.83. The van der Waals surface area contributed by atoms with Crippen molar-refractivity contribution < 1.29 is 9.18 Å². The minimum absolute atomic E-state index is 0.0354. The minimum atomic E-state index is -0.422. The van der Waals surface area contributed by atoms with Crippen LogP contribution >= 0.6 is 0 Å². The summed E-state index contributed by atoms with van der Waals surface area (Å²) in [6, 6.07) is 30.7. The summed E-state index contributed by atoms with van der Waals surface area (Å²) in [4.78, 5) is 19.4. The average Bonchev–Trinajstić information content (AvgIpc) is 3.38. The molecule has 5 aromatic rings. The van der Waals surface area contributed by atoms with Crippen LogP contribution in [-0.4, -0.2) is 33.6 Å². The van der Waals surface area contributed by atoms with E-state index in [0.717, 1.165) is 48.6 Å². The van der Waals surface area contributed by atoms with Crippen molar-refractivity contribution >= 4 is 17.4 Å². The number of nitrogens with zero attached hydrogens (tertiary/aromatic N) is 4. The second-order valence-electron chi connectivity index (χ2n) is 9.79. The molecule has 0 saturated carbocycles. The molecule has 190 valence electrons. The van der Waals surface area contributed by atoms with Gasteiger partial charge in [-0.3, -0.25) is 4.79 Å². The van der Waals surface area contributed by atoms with Crippen LogP contribution in [0.5, 0.6) is 0 Å². The summed E-state index contributed by atoms with van der Waals surface area (Å²) < 4.78 is 15.8. The third-order valence-corrected chi connectivity index (χ3v) is 7.28.